The zero-order valence-corrected chi connectivity index (χ0v) is 12.4. The molecule has 0 amide bonds. The summed E-state index contributed by atoms with van der Waals surface area (Å²) in [6.07, 6.45) is 11.0. The second kappa shape index (κ2) is 7.38. The van der Waals surface area contributed by atoms with Gasteiger partial charge in [0.25, 0.3) is 0 Å². The van der Waals surface area contributed by atoms with Gasteiger partial charge in [0.05, 0.1) is 0 Å². The van der Waals surface area contributed by atoms with Crippen molar-refractivity contribution >= 4 is 0 Å². The van der Waals surface area contributed by atoms with Gasteiger partial charge in [0.15, 0.2) is 0 Å². The molecule has 2 heteroatoms. The Kier molecular flexibility index (Phi) is 6.50. The predicted molar refractivity (Wildman–Crippen MR) is 76.5 cm³/mol. The van der Waals surface area contributed by atoms with E-state index in [9.17, 15) is 0 Å². The van der Waals surface area contributed by atoms with E-state index in [4.69, 9.17) is 0 Å². The molecule has 102 valence electrons. The lowest BCUT2D eigenvalue weighted by Gasteiger charge is -2.44. The van der Waals surface area contributed by atoms with Crippen LogP contribution in [0.15, 0.2) is 0 Å². The summed E-state index contributed by atoms with van der Waals surface area (Å²) in [4.78, 5) is 2.50. The molecule has 1 aliphatic carbocycles. The van der Waals surface area contributed by atoms with Crippen LogP contribution in [0.3, 0.4) is 0 Å². The zero-order valence-electron chi connectivity index (χ0n) is 12.4. The minimum atomic E-state index is 0.434. The van der Waals surface area contributed by atoms with Crippen molar-refractivity contribution in [1.82, 2.24) is 10.2 Å². The van der Waals surface area contributed by atoms with Crippen molar-refractivity contribution < 1.29 is 0 Å². The smallest absolute Gasteiger partial charge is 0.0356 e. The molecular formula is C15H32N2. The minimum absolute atomic E-state index is 0.434. The highest BCUT2D eigenvalue weighted by Crippen LogP contribution is 2.38. The SMILES string of the molecule is CCCCCC(NCC)C1(N(C)C)CCCC1. The second-order valence-electron chi connectivity index (χ2n) is 5.81. The van der Waals surface area contributed by atoms with Gasteiger partial charge in [-0.15, -0.1) is 0 Å². The fourth-order valence-corrected chi connectivity index (χ4v) is 3.50. The van der Waals surface area contributed by atoms with Gasteiger partial charge in [0.1, 0.15) is 0 Å². The van der Waals surface area contributed by atoms with E-state index < -0.39 is 0 Å². The first-order chi connectivity index (χ1) is 8.17. The van der Waals surface area contributed by atoms with Crippen LogP contribution < -0.4 is 5.32 Å². The molecule has 0 radical (unpaired) electrons. The topological polar surface area (TPSA) is 15.3 Å². The van der Waals surface area contributed by atoms with Crippen LogP contribution in [-0.4, -0.2) is 37.1 Å². The van der Waals surface area contributed by atoms with Crippen LogP contribution in [0.4, 0.5) is 0 Å². The Morgan fingerprint density at radius 3 is 2.24 bits per heavy atom. The predicted octanol–water partition coefficient (Wildman–Crippen LogP) is 3.42. The Morgan fingerprint density at radius 2 is 1.76 bits per heavy atom. The Balaban J connectivity index is 2.64. The molecule has 1 atom stereocenters. The van der Waals surface area contributed by atoms with Crippen molar-refractivity contribution in [3.8, 4) is 0 Å². The molecule has 2 nitrogen and oxygen atoms in total. The molecule has 1 unspecified atom stereocenters. The molecule has 0 heterocycles. The minimum Gasteiger partial charge on any atom is -0.312 e. The van der Waals surface area contributed by atoms with Crippen LogP contribution in [0.25, 0.3) is 0 Å². The number of rotatable bonds is 8. The molecule has 1 rings (SSSR count). The van der Waals surface area contributed by atoms with Crippen molar-refractivity contribution in [3.05, 3.63) is 0 Å². The third kappa shape index (κ3) is 3.69. The Bertz CT molecular complexity index is 195. The molecule has 0 bridgehead atoms. The van der Waals surface area contributed by atoms with Crippen molar-refractivity contribution in [2.75, 3.05) is 20.6 Å². The highest BCUT2D eigenvalue weighted by atomic mass is 15.2. The quantitative estimate of drug-likeness (QED) is 0.654. The molecule has 17 heavy (non-hydrogen) atoms. The summed E-state index contributed by atoms with van der Waals surface area (Å²) in [5, 5.41) is 3.76. The van der Waals surface area contributed by atoms with E-state index in [-0.39, 0.29) is 0 Å². The van der Waals surface area contributed by atoms with Crippen molar-refractivity contribution in [2.24, 2.45) is 0 Å². The normalized spacial score (nSPS) is 21.0. The van der Waals surface area contributed by atoms with Gasteiger partial charge in [0, 0.05) is 11.6 Å². The first-order valence-corrected chi connectivity index (χ1v) is 7.58. The summed E-state index contributed by atoms with van der Waals surface area (Å²) in [6.45, 7) is 5.64. The van der Waals surface area contributed by atoms with Crippen LogP contribution in [0.5, 0.6) is 0 Å². The number of hydrogen-bond donors (Lipinski definition) is 1. The third-order valence-corrected chi connectivity index (χ3v) is 4.56. The van der Waals surface area contributed by atoms with E-state index in [1.807, 2.05) is 0 Å². The maximum Gasteiger partial charge on any atom is 0.0356 e. The largest absolute Gasteiger partial charge is 0.312 e. The van der Waals surface area contributed by atoms with Gasteiger partial charge in [-0.2, -0.15) is 0 Å². The van der Waals surface area contributed by atoms with Crippen molar-refractivity contribution in [2.45, 2.75) is 76.8 Å². The molecule has 1 saturated carbocycles. The molecule has 1 fully saturated rings. The highest BCUT2D eigenvalue weighted by Gasteiger charge is 2.42. The summed E-state index contributed by atoms with van der Waals surface area (Å²) in [5.41, 5.74) is 0.434. The number of unbranched alkanes of at least 4 members (excludes halogenated alkanes) is 2. The van der Waals surface area contributed by atoms with Gasteiger partial charge in [-0.25, -0.2) is 0 Å². The lowest BCUT2D eigenvalue weighted by molar-refractivity contribution is 0.0993. The lowest BCUT2D eigenvalue weighted by Crippen LogP contribution is -2.57. The summed E-state index contributed by atoms with van der Waals surface area (Å²) >= 11 is 0. The molecule has 0 aliphatic heterocycles. The monoisotopic (exact) mass is 240 g/mol. The van der Waals surface area contributed by atoms with Crippen LogP contribution in [0, 0.1) is 0 Å². The first kappa shape index (κ1) is 15.0. The summed E-state index contributed by atoms with van der Waals surface area (Å²) in [6, 6.07) is 0.691. The van der Waals surface area contributed by atoms with Crippen LogP contribution in [-0.2, 0) is 0 Å². The van der Waals surface area contributed by atoms with Gasteiger partial charge in [-0.1, -0.05) is 46.0 Å². The number of nitrogens with zero attached hydrogens (tertiary/aromatic N) is 1. The standard InChI is InChI=1S/C15H32N2/c1-5-7-8-11-14(16-6-2)15(17(3)4)12-9-10-13-15/h14,16H,5-13H2,1-4H3. The van der Waals surface area contributed by atoms with Crippen LogP contribution in [0.2, 0.25) is 0 Å². The molecule has 1 N–H and O–H groups in total. The Hall–Kier alpha value is -0.0800. The molecular weight excluding hydrogens is 208 g/mol. The number of nitrogens with one attached hydrogen (secondary N) is 1. The van der Waals surface area contributed by atoms with Gasteiger partial charge >= 0.3 is 0 Å². The van der Waals surface area contributed by atoms with E-state index in [2.05, 4.69) is 38.2 Å². The van der Waals surface area contributed by atoms with E-state index in [1.165, 1.54) is 51.4 Å². The molecule has 0 aromatic carbocycles. The molecule has 0 spiro atoms. The lowest BCUT2D eigenvalue weighted by atomic mass is 9.83. The summed E-state index contributed by atoms with van der Waals surface area (Å²) < 4.78 is 0. The van der Waals surface area contributed by atoms with Crippen molar-refractivity contribution in [3.63, 3.8) is 0 Å². The maximum atomic E-state index is 3.76. The molecule has 1 aliphatic rings. The van der Waals surface area contributed by atoms with Gasteiger partial charge in [-0.3, -0.25) is 0 Å². The van der Waals surface area contributed by atoms with Crippen LogP contribution in [0.1, 0.15) is 65.2 Å². The maximum absolute atomic E-state index is 3.76. The number of hydrogen-bond acceptors (Lipinski definition) is 2. The molecule has 0 aromatic rings. The third-order valence-electron chi connectivity index (χ3n) is 4.56. The second-order valence-corrected chi connectivity index (χ2v) is 5.81. The van der Waals surface area contributed by atoms with E-state index >= 15 is 0 Å². The van der Waals surface area contributed by atoms with Gasteiger partial charge < -0.3 is 10.2 Å². The fourth-order valence-electron chi connectivity index (χ4n) is 3.50. The number of likely N-dealkylation sites (N-methyl/N-ethyl adjacent to an activating group) is 2. The van der Waals surface area contributed by atoms with Crippen LogP contribution >= 0.6 is 0 Å². The Morgan fingerprint density at radius 1 is 1.12 bits per heavy atom. The summed E-state index contributed by atoms with van der Waals surface area (Å²) in [7, 11) is 4.55. The van der Waals surface area contributed by atoms with E-state index in [0.29, 0.717) is 11.6 Å². The van der Waals surface area contributed by atoms with Gasteiger partial charge in [-0.05, 0) is 39.9 Å². The summed E-state index contributed by atoms with van der Waals surface area (Å²) in [5.74, 6) is 0. The molecule has 0 aromatic heterocycles. The van der Waals surface area contributed by atoms with E-state index in [1.54, 1.807) is 0 Å². The Labute approximate surface area is 108 Å². The average Bonchev–Trinajstić information content (AvgIpc) is 2.78. The van der Waals surface area contributed by atoms with Gasteiger partial charge in [0.2, 0.25) is 0 Å². The molecule has 0 saturated heterocycles. The van der Waals surface area contributed by atoms with E-state index in [0.717, 1.165) is 6.54 Å². The zero-order chi connectivity index (χ0) is 12.7. The highest BCUT2D eigenvalue weighted by molar-refractivity contribution is 5.01. The van der Waals surface area contributed by atoms with Crippen molar-refractivity contribution in [1.29, 1.82) is 0 Å². The first-order valence-electron chi connectivity index (χ1n) is 7.58. The fraction of sp³-hybridized carbons (Fsp3) is 1.00. The average molecular weight is 240 g/mol.